The van der Waals surface area contributed by atoms with E-state index in [9.17, 15) is 4.79 Å². The van der Waals surface area contributed by atoms with Gasteiger partial charge in [-0.25, -0.2) is 9.97 Å². The van der Waals surface area contributed by atoms with Crippen LogP contribution < -0.4 is 5.32 Å². The molecule has 1 N–H and O–H groups in total. The summed E-state index contributed by atoms with van der Waals surface area (Å²) in [4.78, 5) is 20.9. The fraction of sp³-hybridized carbons (Fsp3) is 0.350. The Morgan fingerprint density at radius 3 is 2.69 bits per heavy atom. The molecular formula is C20H24N4O2. The third-order valence-electron chi connectivity index (χ3n) is 4.12. The van der Waals surface area contributed by atoms with Crippen LogP contribution in [0.5, 0.6) is 0 Å². The van der Waals surface area contributed by atoms with Gasteiger partial charge in [-0.05, 0) is 37.5 Å². The number of carbonyl (C=O) groups excluding carboxylic acids is 1. The molecule has 0 saturated heterocycles. The van der Waals surface area contributed by atoms with Crippen LogP contribution in [0.25, 0.3) is 17.0 Å². The Labute approximate surface area is 153 Å². The smallest absolute Gasteiger partial charge is 0.253 e. The Kier molecular flexibility index (Phi) is 5.63. The van der Waals surface area contributed by atoms with Crippen molar-refractivity contribution >= 4 is 17.4 Å². The molecular weight excluding hydrogens is 328 g/mol. The van der Waals surface area contributed by atoms with Gasteiger partial charge < -0.3 is 10.1 Å². The van der Waals surface area contributed by atoms with E-state index in [0.29, 0.717) is 18.3 Å². The number of imidazole rings is 1. The monoisotopic (exact) mass is 352 g/mol. The van der Waals surface area contributed by atoms with Crippen molar-refractivity contribution in [2.75, 3.05) is 11.9 Å². The zero-order chi connectivity index (χ0) is 18.5. The van der Waals surface area contributed by atoms with Gasteiger partial charge in [0.1, 0.15) is 6.10 Å². The Morgan fingerprint density at radius 2 is 2.00 bits per heavy atom. The highest BCUT2D eigenvalue weighted by Gasteiger charge is 2.14. The van der Waals surface area contributed by atoms with E-state index in [-0.39, 0.29) is 5.91 Å². The lowest BCUT2D eigenvalue weighted by atomic mass is 10.1. The quantitative estimate of drug-likeness (QED) is 0.702. The van der Waals surface area contributed by atoms with Crippen LogP contribution in [0.15, 0.2) is 48.9 Å². The van der Waals surface area contributed by atoms with Crippen LogP contribution in [-0.2, 0) is 9.53 Å². The first-order valence-corrected chi connectivity index (χ1v) is 8.85. The van der Waals surface area contributed by atoms with Crippen molar-refractivity contribution in [3.8, 4) is 11.3 Å². The van der Waals surface area contributed by atoms with E-state index in [1.807, 2.05) is 47.1 Å². The molecule has 3 rings (SSSR count). The molecule has 0 spiro atoms. The summed E-state index contributed by atoms with van der Waals surface area (Å²) in [6, 6.07) is 9.46. The van der Waals surface area contributed by atoms with Gasteiger partial charge in [-0.15, -0.1) is 0 Å². The zero-order valence-corrected chi connectivity index (χ0v) is 15.3. The first kappa shape index (κ1) is 18.1. The SMILES string of the molecule is CC(C)CCOC(C)C(=O)Nc1ccc(-c2cn3cccnc3n2)cc1. The van der Waals surface area contributed by atoms with E-state index in [4.69, 9.17) is 4.74 Å². The Bertz CT molecular complexity index is 838. The number of benzene rings is 1. The summed E-state index contributed by atoms with van der Waals surface area (Å²) in [6.45, 7) is 6.63. The molecule has 0 radical (unpaired) electrons. The second-order valence-electron chi connectivity index (χ2n) is 6.72. The lowest BCUT2D eigenvalue weighted by molar-refractivity contribution is -0.126. The highest BCUT2D eigenvalue weighted by atomic mass is 16.5. The number of fused-ring (bicyclic) bond motifs is 1. The molecule has 1 aromatic carbocycles. The van der Waals surface area contributed by atoms with Crippen LogP contribution >= 0.6 is 0 Å². The highest BCUT2D eigenvalue weighted by molar-refractivity contribution is 5.94. The number of ether oxygens (including phenoxy) is 1. The molecule has 0 bridgehead atoms. The van der Waals surface area contributed by atoms with E-state index in [1.54, 1.807) is 13.1 Å². The minimum absolute atomic E-state index is 0.140. The Balaban J connectivity index is 1.61. The van der Waals surface area contributed by atoms with Crippen molar-refractivity contribution in [1.29, 1.82) is 0 Å². The van der Waals surface area contributed by atoms with Gasteiger partial charge in [0.2, 0.25) is 5.78 Å². The lowest BCUT2D eigenvalue weighted by Gasteiger charge is -2.14. The number of carbonyl (C=O) groups is 1. The fourth-order valence-electron chi connectivity index (χ4n) is 2.49. The van der Waals surface area contributed by atoms with Crippen molar-refractivity contribution < 1.29 is 9.53 Å². The predicted molar refractivity (Wildman–Crippen MR) is 102 cm³/mol. The largest absolute Gasteiger partial charge is 0.369 e. The number of amides is 1. The van der Waals surface area contributed by atoms with E-state index in [0.717, 1.165) is 23.4 Å². The summed E-state index contributed by atoms with van der Waals surface area (Å²) in [5.41, 5.74) is 2.54. The minimum Gasteiger partial charge on any atom is -0.369 e. The van der Waals surface area contributed by atoms with E-state index < -0.39 is 6.10 Å². The standard InChI is InChI=1S/C20H24N4O2/c1-14(2)9-12-26-15(3)19(25)22-17-7-5-16(6-8-17)18-13-24-11-4-10-21-20(24)23-18/h4-8,10-11,13-15H,9,12H2,1-3H3,(H,22,25). The van der Waals surface area contributed by atoms with E-state index in [1.165, 1.54) is 0 Å². The van der Waals surface area contributed by atoms with Gasteiger partial charge in [0.05, 0.1) is 5.69 Å². The molecule has 0 fully saturated rings. The van der Waals surface area contributed by atoms with Crippen LogP contribution in [0.1, 0.15) is 27.2 Å². The molecule has 1 atom stereocenters. The average molecular weight is 352 g/mol. The van der Waals surface area contributed by atoms with Gasteiger partial charge in [-0.2, -0.15) is 0 Å². The van der Waals surface area contributed by atoms with Gasteiger partial charge in [0, 0.05) is 36.4 Å². The lowest BCUT2D eigenvalue weighted by Crippen LogP contribution is -2.28. The third kappa shape index (κ3) is 4.46. The normalized spacial score (nSPS) is 12.5. The van der Waals surface area contributed by atoms with Crippen LogP contribution in [0.4, 0.5) is 5.69 Å². The molecule has 0 aliphatic carbocycles. The average Bonchev–Trinajstić information content (AvgIpc) is 3.06. The van der Waals surface area contributed by atoms with Crippen molar-refractivity contribution in [3.63, 3.8) is 0 Å². The van der Waals surface area contributed by atoms with Crippen LogP contribution in [0, 0.1) is 5.92 Å². The molecule has 0 aliphatic heterocycles. The van der Waals surface area contributed by atoms with Gasteiger partial charge in [0.25, 0.3) is 5.91 Å². The summed E-state index contributed by atoms with van der Waals surface area (Å²) in [6.07, 6.45) is 6.03. The fourth-order valence-corrected chi connectivity index (χ4v) is 2.49. The van der Waals surface area contributed by atoms with Crippen LogP contribution in [0.3, 0.4) is 0 Å². The second kappa shape index (κ2) is 8.10. The van der Waals surface area contributed by atoms with Gasteiger partial charge in [-0.3, -0.25) is 9.20 Å². The zero-order valence-electron chi connectivity index (χ0n) is 15.3. The molecule has 0 aliphatic rings. The number of hydrogen-bond acceptors (Lipinski definition) is 4. The number of hydrogen-bond donors (Lipinski definition) is 1. The van der Waals surface area contributed by atoms with Gasteiger partial charge in [0.15, 0.2) is 0 Å². The molecule has 2 aromatic heterocycles. The Hall–Kier alpha value is -2.73. The molecule has 3 aromatic rings. The maximum atomic E-state index is 12.2. The molecule has 0 saturated carbocycles. The predicted octanol–water partition coefficient (Wildman–Crippen LogP) is 3.79. The molecule has 2 heterocycles. The van der Waals surface area contributed by atoms with Gasteiger partial charge in [-0.1, -0.05) is 26.0 Å². The first-order chi connectivity index (χ1) is 12.5. The molecule has 6 heteroatoms. The number of nitrogens with zero attached hydrogens (tertiary/aromatic N) is 3. The molecule has 26 heavy (non-hydrogen) atoms. The maximum absolute atomic E-state index is 12.2. The maximum Gasteiger partial charge on any atom is 0.253 e. The second-order valence-corrected chi connectivity index (χ2v) is 6.72. The van der Waals surface area contributed by atoms with Crippen molar-refractivity contribution in [2.24, 2.45) is 5.92 Å². The minimum atomic E-state index is -0.474. The topological polar surface area (TPSA) is 68.5 Å². The summed E-state index contributed by atoms with van der Waals surface area (Å²) >= 11 is 0. The number of rotatable bonds is 7. The first-order valence-electron chi connectivity index (χ1n) is 8.85. The number of aromatic nitrogens is 3. The molecule has 1 unspecified atom stereocenters. The summed E-state index contributed by atoms with van der Waals surface area (Å²) in [7, 11) is 0. The van der Waals surface area contributed by atoms with Crippen molar-refractivity contribution in [2.45, 2.75) is 33.3 Å². The van der Waals surface area contributed by atoms with Crippen molar-refractivity contribution in [3.05, 3.63) is 48.9 Å². The van der Waals surface area contributed by atoms with Gasteiger partial charge >= 0.3 is 0 Å². The molecule has 1 amide bonds. The summed E-state index contributed by atoms with van der Waals surface area (Å²) in [5.74, 6) is 1.08. The van der Waals surface area contributed by atoms with E-state index in [2.05, 4.69) is 29.1 Å². The summed E-state index contributed by atoms with van der Waals surface area (Å²) < 4.78 is 7.46. The van der Waals surface area contributed by atoms with Crippen LogP contribution in [-0.4, -0.2) is 33.0 Å². The third-order valence-corrected chi connectivity index (χ3v) is 4.12. The van der Waals surface area contributed by atoms with Crippen molar-refractivity contribution in [1.82, 2.24) is 14.4 Å². The van der Waals surface area contributed by atoms with Crippen LogP contribution in [0.2, 0.25) is 0 Å². The highest BCUT2D eigenvalue weighted by Crippen LogP contribution is 2.21. The molecule has 136 valence electrons. The number of nitrogens with one attached hydrogen (secondary N) is 1. The number of anilines is 1. The van der Waals surface area contributed by atoms with E-state index >= 15 is 0 Å². The molecule has 6 nitrogen and oxygen atoms in total. The Morgan fingerprint density at radius 1 is 1.23 bits per heavy atom. The summed E-state index contributed by atoms with van der Waals surface area (Å²) in [5, 5.41) is 2.88.